The van der Waals surface area contributed by atoms with E-state index in [-0.39, 0.29) is 32.2 Å². The summed E-state index contributed by atoms with van der Waals surface area (Å²) in [6, 6.07) is 0. The maximum absolute atomic E-state index is 13.0. The number of esters is 2. The third kappa shape index (κ3) is 87.6. The number of carboxylic acid groups (broad SMARTS) is 1. The fourth-order valence-corrected chi connectivity index (χ4v) is 13.8. The van der Waals surface area contributed by atoms with Gasteiger partial charge in [-0.1, -0.05) is 452 Å². The molecular weight excluding hydrogens is 1300 g/mol. The quantitative estimate of drug-likeness (QED) is 0.0195. The summed E-state index contributed by atoms with van der Waals surface area (Å²) in [4.78, 5) is 37.7. The third-order valence-corrected chi connectivity index (χ3v) is 20.7. The molecule has 2 unspecified atom stereocenters. The highest BCUT2D eigenvalue weighted by atomic mass is 16.7. The Morgan fingerprint density at radius 2 is 0.543 bits per heavy atom. The molecule has 0 aliphatic carbocycles. The van der Waals surface area contributed by atoms with Crippen molar-refractivity contribution >= 4 is 17.9 Å². The van der Waals surface area contributed by atoms with Crippen LogP contribution in [0.5, 0.6) is 0 Å². The molecule has 0 radical (unpaired) electrons. The number of hydrogen-bond acceptors (Lipinski definition) is 8. The Morgan fingerprint density at radius 1 is 0.295 bits per heavy atom. The molecule has 0 bridgehead atoms. The Bertz CT molecular complexity index is 2010. The molecule has 9 nitrogen and oxygen atoms in total. The van der Waals surface area contributed by atoms with Crippen LogP contribution >= 0.6 is 0 Å². The van der Waals surface area contributed by atoms with Gasteiger partial charge >= 0.3 is 11.9 Å². The highest BCUT2D eigenvalue weighted by Crippen LogP contribution is 2.21. The molecule has 0 aromatic rings. The number of rotatable bonds is 86. The van der Waals surface area contributed by atoms with E-state index in [0.29, 0.717) is 23.9 Å². The number of ether oxygens (including phenoxy) is 4. The number of hydrogen-bond donors (Lipinski definition) is 0. The summed E-state index contributed by atoms with van der Waals surface area (Å²) in [5.41, 5.74) is 0. The van der Waals surface area contributed by atoms with Gasteiger partial charge in [0.1, 0.15) is 13.2 Å². The lowest BCUT2D eigenvalue weighted by Crippen LogP contribution is -2.44. The fourth-order valence-electron chi connectivity index (χ4n) is 13.8. The summed E-state index contributed by atoms with van der Waals surface area (Å²) >= 11 is 0. The first-order valence-corrected chi connectivity index (χ1v) is 45.7. The Labute approximate surface area is 652 Å². The fraction of sp³-hybridized carbons (Fsp3) is 0.823. The van der Waals surface area contributed by atoms with Gasteiger partial charge in [0.25, 0.3) is 0 Å². The second-order valence-electron chi connectivity index (χ2n) is 32.2. The first-order chi connectivity index (χ1) is 51.6. The average Bonchev–Trinajstić information content (AvgIpc) is 1.97. The van der Waals surface area contributed by atoms with Crippen molar-refractivity contribution in [2.45, 2.75) is 463 Å². The first-order valence-electron chi connectivity index (χ1n) is 45.7. The molecule has 0 saturated heterocycles. The summed E-state index contributed by atoms with van der Waals surface area (Å²) < 4.78 is 22.9. The van der Waals surface area contributed by atoms with Crippen LogP contribution < -0.4 is 5.11 Å². The van der Waals surface area contributed by atoms with Crippen molar-refractivity contribution in [1.29, 1.82) is 0 Å². The smallest absolute Gasteiger partial charge is 0.306 e. The summed E-state index contributed by atoms with van der Waals surface area (Å²) in [5, 5.41) is 11.9. The summed E-state index contributed by atoms with van der Waals surface area (Å²) in [5.74, 6) is -2.25. The number of carboxylic acids is 1. The Balaban J connectivity index is 3.91. The second-order valence-corrected chi connectivity index (χ2v) is 32.2. The molecule has 2 atom stereocenters. The van der Waals surface area contributed by atoms with Gasteiger partial charge in [-0.25, -0.2) is 0 Å². The Kier molecular flexibility index (Phi) is 83.2. The van der Waals surface area contributed by atoms with E-state index in [2.05, 4.69) is 98.9 Å². The van der Waals surface area contributed by atoms with E-state index in [1.54, 1.807) is 0 Å². The number of quaternary nitrogens is 1. The van der Waals surface area contributed by atoms with Gasteiger partial charge in [0, 0.05) is 12.8 Å². The lowest BCUT2D eigenvalue weighted by atomic mass is 10.0. The molecule has 0 spiro atoms. The maximum Gasteiger partial charge on any atom is 0.306 e. The molecule has 0 aliphatic rings. The van der Waals surface area contributed by atoms with E-state index in [1.807, 2.05) is 21.1 Å². The molecule has 0 N–H and O–H groups in total. The molecule has 0 fully saturated rings. The zero-order valence-electron chi connectivity index (χ0n) is 70.4. The first kappa shape index (κ1) is 101. The van der Waals surface area contributed by atoms with Gasteiger partial charge in [0.05, 0.1) is 40.3 Å². The zero-order chi connectivity index (χ0) is 76.0. The predicted molar refractivity (Wildman–Crippen MR) is 454 cm³/mol. The molecule has 0 rings (SSSR count). The molecule has 0 aromatic carbocycles. The maximum atomic E-state index is 13.0. The number of unbranched alkanes of at least 4 members (excludes halogenated alkanes) is 57. The SMILES string of the molecule is CC/C=C\C/C=C\C/C=C\C/C=C\C/C=C\C/C=C\C/C=C\CCCCCCCCCCCCCCCCCCCC(=O)OC(COC(=O)CCCCCCCCCCCCCCCCCCCCCCCCCCCCCCCCCCCCCCCCCCC)COC(OCC[N+](C)(C)C)C(=O)[O-]. The monoisotopic (exact) mass is 1470 g/mol. The number of aliphatic carboxylic acids is 1. The van der Waals surface area contributed by atoms with Crippen molar-refractivity contribution in [2.75, 3.05) is 47.5 Å². The van der Waals surface area contributed by atoms with Crippen molar-refractivity contribution in [1.82, 2.24) is 0 Å². The lowest BCUT2D eigenvalue weighted by Gasteiger charge is -2.26. The molecular formula is C96H175NO8. The molecule has 0 heterocycles. The largest absolute Gasteiger partial charge is 0.545 e. The molecule has 0 aliphatic heterocycles. The van der Waals surface area contributed by atoms with Gasteiger partial charge < -0.3 is 33.3 Å². The van der Waals surface area contributed by atoms with E-state index in [1.165, 1.54) is 340 Å². The van der Waals surface area contributed by atoms with E-state index in [4.69, 9.17) is 18.9 Å². The number of carbonyl (C=O) groups excluding carboxylic acids is 3. The van der Waals surface area contributed by atoms with Crippen LogP contribution in [-0.2, 0) is 33.3 Å². The van der Waals surface area contributed by atoms with Gasteiger partial charge in [-0.2, -0.15) is 0 Å². The van der Waals surface area contributed by atoms with E-state index in [9.17, 15) is 19.5 Å². The summed E-state index contributed by atoms with van der Waals surface area (Å²) in [6.07, 6.45) is 116. The van der Waals surface area contributed by atoms with E-state index >= 15 is 0 Å². The zero-order valence-corrected chi connectivity index (χ0v) is 70.4. The van der Waals surface area contributed by atoms with Gasteiger partial charge in [-0.05, 0) is 70.6 Å². The molecule has 9 heteroatoms. The van der Waals surface area contributed by atoms with Crippen LogP contribution in [0.25, 0.3) is 0 Å². The van der Waals surface area contributed by atoms with E-state index < -0.39 is 24.3 Å². The third-order valence-electron chi connectivity index (χ3n) is 20.7. The minimum atomic E-state index is -1.62. The van der Waals surface area contributed by atoms with Crippen molar-refractivity contribution in [2.24, 2.45) is 0 Å². The molecule has 0 amide bonds. The number of nitrogens with zero attached hydrogens (tertiary/aromatic N) is 1. The van der Waals surface area contributed by atoms with Gasteiger partial charge in [-0.15, -0.1) is 0 Å². The summed E-state index contributed by atoms with van der Waals surface area (Å²) in [6.45, 7) is 4.71. The van der Waals surface area contributed by atoms with Gasteiger partial charge in [0.15, 0.2) is 12.4 Å². The lowest BCUT2D eigenvalue weighted by molar-refractivity contribution is -0.870. The number of carbonyl (C=O) groups is 3. The standard InChI is InChI=1S/C96H175NO8/c1-6-8-10-12-14-16-18-20-22-24-26-28-30-32-34-36-38-40-42-44-46-47-49-50-52-54-56-58-60-62-64-66-68-70-72-74-76-78-80-82-84-86-93(98)103-90-92(91-104-96(95(100)101)102-89-88-97(3,4)5)105-94(99)87-85-83-81-79-77-75-73-71-69-67-65-63-61-59-57-55-53-51-48-45-43-41-39-37-35-33-31-29-27-25-23-21-19-17-15-13-11-9-7-2/h9,11,15,17,21,23,27,29,33,35,39,41,45,48,92,96H,6-8,10,12-14,16,18-20,22,24-26,28,30-32,34,36-38,40,42-44,46-47,49-91H2,1-5H3/b11-9-,17-15-,23-21-,29-27-,35-33-,41-39-,48-45-. The van der Waals surface area contributed by atoms with Crippen LogP contribution in [0.3, 0.4) is 0 Å². The Hall–Kier alpha value is -3.53. The average molecular weight is 1470 g/mol. The van der Waals surface area contributed by atoms with Crippen molar-refractivity contribution in [3.8, 4) is 0 Å². The van der Waals surface area contributed by atoms with Gasteiger partial charge in [0.2, 0.25) is 0 Å². The minimum absolute atomic E-state index is 0.149. The van der Waals surface area contributed by atoms with Crippen molar-refractivity contribution in [3.63, 3.8) is 0 Å². The van der Waals surface area contributed by atoms with Crippen LogP contribution in [-0.4, -0.2) is 82.3 Å². The Morgan fingerprint density at radius 3 is 0.810 bits per heavy atom. The van der Waals surface area contributed by atoms with Crippen LogP contribution in [0.4, 0.5) is 0 Å². The van der Waals surface area contributed by atoms with Crippen LogP contribution in [0.15, 0.2) is 85.1 Å². The molecule has 0 aromatic heterocycles. The minimum Gasteiger partial charge on any atom is -0.545 e. The summed E-state index contributed by atoms with van der Waals surface area (Å²) in [7, 11) is 5.95. The van der Waals surface area contributed by atoms with E-state index in [0.717, 1.165) is 77.0 Å². The van der Waals surface area contributed by atoms with Crippen molar-refractivity contribution < 1.29 is 42.9 Å². The molecule has 612 valence electrons. The van der Waals surface area contributed by atoms with Crippen LogP contribution in [0, 0.1) is 0 Å². The topological polar surface area (TPSA) is 111 Å². The second kappa shape index (κ2) is 86.1. The van der Waals surface area contributed by atoms with Gasteiger partial charge in [-0.3, -0.25) is 9.59 Å². The number of likely N-dealkylation sites (N-methyl/N-ethyl adjacent to an activating group) is 1. The van der Waals surface area contributed by atoms with Crippen molar-refractivity contribution in [3.05, 3.63) is 85.1 Å². The highest BCUT2D eigenvalue weighted by Gasteiger charge is 2.22. The highest BCUT2D eigenvalue weighted by molar-refractivity contribution is 5.70. The van der Waals surface area contributed by atoms with Crippen LogP contribution in [0.2, 0.25) is 0 Å². The number of allylic oxidation sites excluding steroid dienone is 14. The normalized spacial score (nSPS) is 13.0. The van der Waals surface area contributed by atoms with Crippen LogP contribution in [0.1, 0.15) is 450 Å². The predicted octanol–water partition coefficient (Wildman–Crippen LogP) is 28.7. The molecule has 0 saturated carbocycles. The molecule has 105 heavy (non-hydrogen) atoms.